The van der Waals surface area contributed by atoms with Crippen molar-refractivity contribution in [2.24, 2.45) is 5.92 Å². The van der Waals surface area contributed by atoms with E-state index in [4.69, 9.17) is 27.9 Å². The first-order valence-corrected chi connectivity index (χ1v) is 12.4. The van der Waals surface area contributed by atoms with Crippen LogP contribution in [0.1, 0.15) is 36.9 Å². The van der Waals surface area contributed by atoms with Gasteiger partial charge < -0.3 is 10.1 Å². The van der Waals surface area contributed by atoms with Crippen LogP contribution >= 0.6 is 23.2 Å². The molecule has 0 bridgehead atoms. The second kappa shape index (κ2) is 10.2. The van der Waals surface area contributed by atoms with Gasteiger partial charge >= 0.3 is 0 Å². The smallest absolute Gasteiger partial charge is 0.223 e. The number of carbonyl (C=O) groups is 1. The summed E-state index contributed by atoms with van der Waals surface area (Å²) < 4.78 is 32.3. The number of sulfonamides is 1. The van der Waals surface area contributed by atoms with Gasteiger partial charge in [-0.15, -0.1) is 0 Å². The molecule has 2 aromatic rings. The predicted molar refractivity (Wildman–Crippen MR) is 123 cm³/mol. The maximum absolute atomic E-state index is 12.8. The fourth-order valence-electron chi connectivity index (χ4n) is 3.65. The number of benzene rings is 2. The molecule has 2 aromatic carbocycles. The SMILES string of the molecule is COc1ccc(C(C)NC(=O)C2CCN(S(=O)(=O)Cc3c(Cl)cccc3Cl)CC2)cc1. The van der Waals surface area contributed by atoms with Gasteiger partial charge in [0, 0.05) is 34.6 Å². The highest BCUT2D eigenvalue weighted by Gasteiger charge is 2.32. The van der Waals surface area contributed by atoms with Crippen molar-refractivity contribution in [3.05, 3.63) is 63.6 Å². The van der Waals surface area contributed by atoms with Crippen LogP contribution in [0, 0.1) is 5.92 Å². The van der Waals surface area contributed by atoms with E-state index in [2.05, 4.69) is 5.32 Å². The Morgan fingerprint density at radius 2 is 1.71 bits per heavy atom. The van der Waals surface area contributed by atoms with E-state index < -0.39 is 10.0 Å². The minimum Gasteiger partial charge on any atom is -0.497 e. The molecule has 1 aliphatic rings. The molecule has 0 spiro atoms. The number of amides is 1. The van der Waals surface area contributed by atoms with E-state index in [9.17, 15) is 13.2 Å². The van der Waals surface area contributed by atoms with Crippen molar-refractivity contribution < 1.29 is 17.9 Å². The lowest BCUT2D eigenvalue weighted by molar-refractivity contribution is -0.126. The molecule has 1 N–H and O–H groups in total. The van der Waals surface area contributed by atoms with Crippen LogP contribution < -0.4 is 10.1 Å². The van der Waals surface area contributed by atoms with Crippen LogP contribution in [0.25, 0.3) is 0 Å². The normalized spacial score (nSPS) is 16.6. The molecule has 0 saturated carbocycles. The molecular formula is C22H26Cl2N2O4S. The third kappa shape index (κ3) is 5.92. The monoisotopic (exact) mass is 484 g/mol. The van der Waals surface area contributed by atoms with Gasteiger partial charge in [-0.2, -0.15) is 0 Å². The zero-order chi connectivity index (χ0) is 22.6. The average Bonchev–Trinajstić information content (AvgIpc) is 2.76. The van der Waals surface area contributed by atoms with Gasteiger partial charge in [0.25, 0.3) is 0 Å². The molecule has 0 radical (unpaired) electrons. The lowest BCUT2D eigenvalue weighted by atomic mass is 9.96. The summed E-state index contributed by atoms with van der Waals surface area (Å²) in [7, 11) is -1.98. The van der Waals surface area contributed by atoms with Crippen molar-refractivity contribution in [1.29, 1.82) is 0 Å². The fraction of sp³-hybridized carbons (Fsp3) is 0.409. The molecule has 1 heterocycles. The Hall–Kier alpha value is -1.80. The Kier molecular flexibility index (Phi) is 7.86. The summed E-state index contributed by atoms with van der Waals surface area (Å²) in [6.45, 7) is 2.51. The number of halogens is 2. The quantitative estimate of drug-likeness (QED) is 0.630. The van der Waals surface area contributed by atoms with Gasteiger partial charge in [-0.25, -0.2) is 12.7 Å². The van der Waals surface area contributed by atoms with Crippen LogP contribution in [0.2, 0.25) is 10.0 Å². The summed E-state index contributed by atoms with van der Waals surface area (Å²) in [6, 6.07) is 12.3. The molecule has 1 amide bonds. The largest absolute Gasteiger partial charge is 0.497 e. The summed E-state index contributed by atoms with van der Waals surface area (Å²) in [5.74, 6) is 0.219. The molecule has 6 nitrogen and oxygen atoms in total. The molecule has 1 saturated heterocycles. The van der Waals surface area contributed by atoms with Gasteiger partial charge in [-0.3, -0.25) is 4.79 Å². The number of ether oxygens (including phenoxy) is 1. The number of piperidine rings is 1. The van der Waals surface area contributed by atoms with Crippen molar-refractivity contribution in [3.63, 3.8) is 0 Å². The van der Waals surface area contributed by atoms with Crippen molar-refractivity contribution in [3.8, 4) is 5.75 Å². The lowest BCUT2D eigenvalue weighted by Gasteiger charge is -2.31. The summed E-state index contributed by atoms with van der Waals surface area (Å²) >= 11 is 12.3. The van der Waals surface area contributed by atoms with Gasteiger partial charge in [0.1, 0.15) is 5.75 Å². The van der Waals surface area contributed by atoms with Gasteiger partial charge in [0.15, 0.2) is 0 Å². The summed E-state index contributed by atoms with van der Waals surface area (Å²) in [4.78, 5) is 12.7. The van der Waals surface area contributed by atoms with E-state index in [0.717, 1.165) is 11.3 Å². The van der Waals surface area contributed by atoms with Crippen LogP contribution in [0.15, 0.2) is 42.5 Å². The molecule has 0 aliphatic carbocycles. The van der Waals surface area contributed by atoms with E-state index in [0.29, 0.717) is 41.5 Å². The van der Waals surface area contributed by atoms with Crippen molar-refractivity contribution in [1.82, 2.24) is 9.62 Å². The zero-order valence-corrected chi connectivity index (χ0v) is 19.8. The average molecular weight is 485 g/mol. The molecule has 1 atom stereocenters. The van der Waals surface area contributed by atoms with Gasteiger partial charge in [-0.05, 0) is 49.6 Å². The number of hydrogen-bond acceptors (Lipinski definition) is 4. The third-order valence-electron chi connectivity index (χ3n) is 5.58. The van der Waals surface area contributed by atoms with Crippen LogP contribution in [0.3, 0.4) is 0 Å². The number of nitrogens with one attached hydrogen (secondary N) is 1. The fourth-order valence-corrected chi connectivity index (χ4v) is 5.96. The maximum Gasteiger partial charge on any atom is 0.223 e. The van der Waals surface area contributed by atoms with E-state index >= 15 is 0 Å². The molecule has 31 heavy (non-hydrogen) atoms. The van der Waals surface area contributed by atoms with E-state index in [1.54, 1.807) is 25.3 Å². The summed E-state index contributed by atoms with van der Waals surface area (Å²) in [6.07, 6.45) is 0.938. The Labute approximate surface area is 193 Å². The van der Waals surface area contributed by atoms with Crippen LogP contribution in [-0.2, 0) is 20.6 Å². The highest BCUT2D eigenvalue weighted by Crippen LogP contribution is 2.29. The first-order chi connectivity index (χ1) is 14.7. The summed E-state index contributed by atoms with van der Waals surface area (Å²) in [5.41, 5.74) is 1.38. The Bertz CT molecular complexity index is 1000. The first-order valence-electron chi connectivity index (χ1n) is 10.1. The minimum absolute atomic E-state index is 0.0606. The first kappa shape index (κ1) is 23.9. The Morgan fingerprint density at radius 1 is 1.13 bits per heavy atom. The van der Waals surface area contributed by atoms with E-state index in [1.807, 2.05) is 31.2 Å². The molecule has 1 aliphatic heterocycles. The molecular weight excluding hydrogens is 459 g/mol. The number of methoxy groups -OCH3 is 1. The second-order valence-electron chi connectivity index (χ2n) is 7.63. The lowest BCUT2D eigenvalue weighted by Crippen LogP contribution is -2.43. The summed E-state index contributed by atoms with van der Waals surface area (Å²) in [5, 5.41) is 3.69. The number of nitrogens with zero attached hydrogens (tertiary/aromatic N) is 1. The van der Waals surface area contributed by atoms with Crippen LogP contribution in [0.5, 0.6) is 5.75 Å². The van der Waals surface area contributed by atoms with E-state index in [1.165, 1.54) is 4.31 Å². The highest BCUT2D eigenvalue weighted by molar-refractivity contribution is 7.88. The number of carbonyl (C=O) groups excluding carboxylic acids is 1. The molecule has 168 valence electrons. The third-order valence-corrected chi connectivity index (χ3v) is 8.09. The second-order valence-corrected chi connectivity index (χ2v) is 10.4. The standard InChI is InChI=1S/C22H26Cl2N2O4S/c1-15(16-6-8-18(30-2)9-7-16)25-22(27)17-10-12-26(13-11-17)31(28,29)14-19-20(23)4-3-5-21(19)24/h3-9,15,17H,10-14H2,1-2H3,(H,25,27). The zero-order valence-electron chi connectivity index (χ0n) is 17.5. The molecule has 1 unspecified atom stereocenters. The molecule has 3 rings (SSSR count). The van der Waals surface area contributed by atoms with Crippen molar-refractivity contribution in [2.45, 2.75) is 31.6 Å². The number of rotatable bonds is 7. The van der Waals surface area contributed by atoms with Crippen LogP contribution in [0.4, 0.5) is 0 Å². The van der Waals surface area contributed by atoms with Gasteiger partial charge in [0.05, 0.1) is 18.9 Å². The van der Waals surface area contributed by atoms with Crippen LogP contribution in [-0.4, -0.2) is 38.8 Å². The topological polar surface area (TPSA) is 75.7 Å². The number of hydrogen-bond donors (Lipinski definition) is 1. The predicted octanol–water partition coefficient (Wildman–Crippen LogP) is 4.42. The Morgan fingerprint density at radius 3 is 2.26 bits per heavy atom. The van der Waals surface area contributed by atoms with E-state index in [-0.39, 0.29) is 23.6 Å². The minimum atomic E-state index is -3.58. The van der Waals surface area contributed by atoms with Crippen molar-refractivity contribution in [2.75, 3.05) is 20.2 Å². The highest BCUT2D eigenvalue weighted by atomic mass is 35.5. The Balaban J connectivity index is 1.56. The van der Waals surface area contributed by atoms with Crippen molar-refractivity contribution >= 4 is 39.1 Å². The molecule has 0 aromatic heterocycles. The molecule has 9 heteroatoms. The molecule has 1 fully saturated rings. The van der Waals surface area contributed by atoms with Gasteiger partial charge in [-0.1, -0.05) is 41.4 Å². The van der Waals surface area contributed by atoms with Gasteiger partial charge in [0.2, 0.25) is 15.9 Å². The maximum atomic E-state index is 12.8.